The highest BCUT2D eigenvalue weighted by Crippen LogP contribution is 2.53. The van der Waals surface area contributed by atoms with Gasteiger partial charge in [-0.15, -0.1) is 0 Å². The van der Waals surface area contributed by atoms with Gasteiger partial charge in [0, 0.05) is 12.8 Å². The Balaban J connectivity index is 1.04. The third kappa shape index (κ3) is 36.0. The minimum Gasteiger partial charge on any atom is -0.462 e. The smallest absolute Gasteiger partial charge is 0.462 e. The molecule has 0 aromatic heterocycles. The van der Waals surface area contributed by atoms with Gasteiger partial charge in [0.1, 0.15) is 31.0 Å². The normalized spacial score (nSPS) is 19.4. The number of rotatable bonds is 58. The first-order chi connectivity index (χ1) is 49.8. The number of ether oxygens (including phenoxy) is 8. The summed E-state index contributed by atoms with van der Waals surface area (Å²) in [5.74, 6) is -0.819. The summed E-state index contributed by atoms with van der Waals surface area (Å²) in [6.07, 6.45) is 32.8. The highest BCUT2D eigenvalue weighted by Gasteiger charge is 2.51. The van der Waals surface area contributed by atoms with Crippen molar-refractivity contribution in [1.29, 1.82) is 0 Å². The number of benzene rings is 5. The maximum Gasteiger partial charge on any atom is 0.475 e. The van der Waals surface area contributed by atoms with Crippen LogP contribution >= 0.6 is 7.82 Å². The van der Waals surface area contributed by atoms with Crippen molar-refractivity contribution in [1.82, 2.24) is 0 Å². The van der Waals surface area contributed by atoms with Gasteiger partial charge >= 0.3 is 19.8 Å². The topological polar surface area (TPSA) is 153 Å². The molecule has 7 rings (SSSR count). The molecule has 1 saturated carbocycles. The van der Waals surface area contributed by atoms with Crippen molar-refractivity contribution in [3.05, 3.63) is 179 Å². The van der Waals surface area contributed by atoms with Crippen LogP contribution in [0.25, 0.3) is 0 Å². The van der Waals surface area contributed by atoms with Crippen LogP contribution in [0.3, 0.4) is 0 Å². The van der Waals surface area contributed by atoms with Crippen LogP contribution in [-0.4, -0.2) is 80.8 Å². The van der Waals surface area contributed by atoms with Crippen LogP contribution in [0.2, 0.25) is 0 Å². The fourth-order valence-corrected chi connectivity index (χ4v) is 14.9. The molecule has 5 aromatic carbocycles. The van der Waals surface area contributed by atoms with Crippen molar-refractivity contribution in [2.75, 3.05) is 19.8 Å². The van der Waals surface area contributed by atoms with E-state index >= 15 is 4.57 Å². The third-order valence-corrected chi connectivity index (χ3v) is 20.8. The molecule has 14 nitrogen and oxygen atoms in total. The van der Waals surface area contributed by atoms with Crippen molar-refractivity contribution in [3.8, 4) is 0 Å². The van der Waals surface area contributed by atoms with E-state index in [1.54, 1.807) is 0 Å². The van der Waals surface area contributed by atoms with Gasteiger partial charge in [0.25, 0.3) is 0 Å². The lowest BCUT2D eigenvalue weighted by Crippen LogP contribution is -2.62. The van der Waals surface area contributed by atoms with Crippen molar-refractivity contribution in [2.45, 2.75) is 327 Å². The first kappa shape index (κ1) is 83.2. The summed E-state index contributed by atoms with van der Waals surface area (Å²) in [4.78, 5) is 27.2. The molecule has 1 saturated heterocycles. The van der Waals surface area contributed by atoms with Crippen LogP contribution in [-0.2, 0) is 98.7 Å². The Morgan fingerprint density at radius 3 is 1.21 bits per heavy atom. The molecule has 0 spiro atoms. The van der Waals surface area contributed by atoms with E-state index in [2.05, 4.69) is 13.8 Å². The molecule has 0 radical (unpaired) electrons. The van der Waals surface area contributed by atoms with Crippen LogP contribution in [0.4, 0.5) is 0 Å². The molecule has 1 aliphatic carbocycles. The van der Waals surface area contributed by atoms with Crippen LogP contribution in [0, 0.1) is 0 Å². The third-order valence-electron chi connectivity index (χ3n) is 19.4. The Morgan fingerprint density at radius 2 is 0.772 bits per heavy atom. The predicted octanol–water partition coefficient (Wildman–Crippen LogP) is 22.3. The fraction of sp³-hybridized carbons (Fsp3) is 0.628. The molecule has 2 aliphatic rings. The maximum atomic E-state index is 15.7. The molecule has 6 unspecified atom stereocenters. The second-order valence-corrected chi connectivity index (χ2v) is 29.7. The summed E-state index contributed by atoms with van der Waals surface area (Å²) < 4.78 is 89.0. The molecule has 0 N–H and O–H groups in total. The maximum absolute atomic E-state index is 15.7. The zero-order valence-corrected chi connectivity index (χ0v) is 62.7. The van der Waals surface area contributed by atoms with Gasteiger partial charge in [0.15, 0.2) is 12.4 Å². The summed E-state index contributed by atoms with van der Waals surface area (Å²) in [5, 5.41) is 0. The molecule has 560 valence electrons. The molecule has 1 heterocycles. The second-order valence-electron chi connectivity index (χ2n) is 28.1. The van der Waals surface area contributed by atoms with Crippen molar-refractivity contribution < 1.29 is 65.6 Å². The van der Waals surface area contributed by atoms with Crippen LogP contribution in [0.15, 0.2) is 152 Å². The Bertz CT molecular complexity index is 2870. The number of phosphoric ester groups is 1. The van der Waals surface area contributed by atoms with Gasteiger partial charge < -0.3 is 37.9 Å². The standard InChI is InChI=1S/C86H127O14P/c1-3-5-7-9-11-13-15-17-19-21-23-25-27-29-46-62-81(87)91-69-77(97-82(88)63-47-30-28-26-24-22-20-18-16-14-12-10-8-6-4-2)70-96-101(89,95-68-76-58-44-35-45-59-76)100-79-61-49-48-60-78(79)98-86-85(94-67-75-56-42-34-43-57-75)84(93-66-74-54-40-33-41-55-74)83(92-65-73-52-38-32-39-53-73)80(99-86)71-90-64-72-50-36-31-37-51-72/h31-45,50-59,77-80,83-86H,3-30,46-49,60-71H2,1-2H3/t77-,78-,79-,80?,83?,84?,85?,86?,101?/m1/s1. The molecular formula is C86H127O14P. The summed E-state index contributed by atoms with van der Waals surface area (Å²) in [6, 6.07) is 49.4. The van der Waals surface area contributed by atoms with Gasteiger partial charge in [-0.2, -0.15) is 0 Å². The minimum atomic E-state index is -4.57. The monoisotopic (exact) mass is 1410 g/mol. The van der Waals surface area contributed by atoms with Crippen LogP contribution in [0.1, 0.15) is 273 Å². The van der Waals surface area contributed by atoms with E-state index in [0.29, 0.717) is 32.3 Å². The first-order valence-electron chi connectivity index (χ1n) is 39.6. The number of esters is 2. The Morgan fingerprint density at radius 1 is 0.406 bits per heavy atom. The lowest BCUT2D eigenvalue weighted by atomic mass is 9.94. The van der Waals surface area contributed by atoms with Crippen molar-refractivity contribution in [3.63, 3.8) is 0 Å². The Labute approximate surface area is 608 Å². The van der Waals surface area contributed by atoms with Gasteiger partial charge in [0.05, 0.1) is 58.5 Å². The molecule has 5 aromatic rings. The zero-order valence-electron chi connectivity index (χ0n) is 61.8. The molecular weight excluding hydrogens is 1290 g/mol. The Hall–Kier alpha value is -5.09. The lowest BCUT2D eigenvalue weighted by Gasteiger charge is -2.47. The van der Waals surface area contributed by atoms with E-state index in [0.717, 1.165) is 79.2 Å². The predicted molar refractivity (Wildman–Crippen MR) is 403 cm³/mol. The van der Waals surface area contributed by atoms with Gasteiger partial charge in [0.2, 0.25) is 0 Å². The van der Waals surface area contributed by atoms with Crippen molar-refractivity contribution in [2.24, 2.45) is 0 Å². The molecule has 2 fully saturated rings. The van der Waals surface area contributed by atoms with E-state index < -0.39 is 69.4 Å². The number of hydrogen-bond acceptors (Lipinski definition) is 14. The number of unbranched alkanes of at least 4 members (excludes halogenated alkanes) is 28. The molecule has 15 heteroatoms. The van der Waals surface area contributed by atoms with Gasteiger partial charge in [-0.05, 0) is 53.5 Å². The van der Waals surface area contributed by atoms with Crippen LogP contribution in [0.5, 0.6) is 0 Å². The largest absolute Gasteiger partial charge is 0.475 e. The van der Waals surface area contributed by atoms with E-state index in [1.807, 2.05) is 152 Å². The van der Waals surface area contributed by atoms with E-state index in [9.17, 15) is 9.59 Å². The van der Waals surface area contributed by atoms with Crippen LogP contribution < -0.4 is 0 Å². The molecule has 101 heavy (non-hydrogen) atoms. The SMILES string of the molecule is CCCCCCCCCCCCCCCCCC(=O)OC[C@H](COP(=O)(OCc1ccccc1)O[C@@H]1CCCC[C@H]1OC1OC(COCc2ccccc2)C(OCc2ccccc2)C(OCc2ccccc2)C1OCc1ccccc1)OC(=O)CCCCCCCCCCCCCCCCC. The minimum absolute atomic E-state index is 0.106. The van der Waals surface area contributed by atoms with E-state index in [1.165, 1.54) is 141 Å². The quantitative estimate of drug-likeness (QED) is 0.0206. The number of hydrogen-bond donors (Lipinski definition) is 0. The molecule has 9 atom stereocenters. The average molecular weight is 1420 g/mol. The summed E-state index contributed by atoms with van der Waals surface area (Å²) in [7, 11) is -4.57. The van der Waals surface area contributed by atoms with E-state index in [-0.39, 0.29) is 58.5 Å². The summed E-state index contributed by atoms with van der Waals surface area (Å²) >= 11 is 0. The summed E-state index contributed by atoms with van der Waals surface area (Å²) in [5.41, 5.74) is 4.65. The lowest BCUT2D eigenvalue weighted by molar-refractivity contribution is -0.341. The summed E-state index contributed by atoms with van der Waals surface area (Å²) in [6.45, 7) is 4.92. The number of carbonyl (C=O) groups is 2. The zero-order chi connectivity index (χ0) is 70.7. The number of phosphoric acid groups is 1. The van der Waals surface area contributed by atoms with E-state index in [4.69, 9.17) is 51.5 Å². The average Bonchev–Trinajstić information content (AvgIpc) is 0.782. The highest BCUT2D eigenvalue weighted by molar-refractivity contribution is 7.48. The van der Waals surface area contributed by atoms with Gasteiger partial charge in [-0.1, -0.05) is 358 Å². The highest BCUT2D eigenvalue weighted by atomic mass is 31.2. The molecule has 0 bridgehead atoms. The molecule has 0 amide bonds. The molecule has 1 aliphatic heterocycles. The first-order valence-corrected chi connectivity index (χ1v) is 41.1. The van der Waals surface area contributed by atoms with Gasteiger partial charge in [-0.3, -0.25) is 23.2 Å². The second kappa shape index (κ2) is 52.8. The fourth-order valence-electron chi connectivity index (χ4n) is 13.4. The van der Waals surface area contributed by atoms with Gasteiger partial charge in [-0.25, -0.2) is 4.57 Å². The number of carbonyl (C=O) groups excluding carboxylic acids is 2. The van der Waals surface area contributed by atoms with Crippen molar-refractivity contribution >= 4 is 19.8 Å². The Kier molecular flexibility index (Phi) is 43.5.